The van der Waals surface area contributed by atoms with Crippen molar-refractivity contribution in [1.82, 2.24) is 4.90 Å². The number of nitro groups is 1. The van der Waals surface area contributed by atoms with Gasteiger partial charge in [-0.3, -0.25) is 14.9 Å². The highest BCUT2D eigenvalue weighted by molar-refractivity contribution is 5.82. The molecule has 0 saturated heterocycles. The smallest absolute Gasteiger partial charge is 0.334 e. The van der Waals surface area contributed by atoms with Crippen LogP contribution in [0, 0.1) is 10.1 Å². The highest BCUT2D eigenvalue weighted by Crippen LogP contribution is 2.27. The summed E-state index contributed by atoms with van der Waals surface area (Å²) in [6.07, 6.45) is -4.68. The number of amides is 1. The number of alkyl halides is 3. The normalized spacial score (nSPS) is 15.4. The minimum absolute atomic E-state index is 0.0499. The molecule has 0 fully saturated rings. The van der Waals surface area contributed by atoms with Crippen LogP contribution in [-0.4, -0.2) is 35.0 Å². The van der Waals surface area contributed by atoms with Crippen molar-refractivity contribution in [3.63, 3.8) is 0 Å². The molecule has 0 radical (unpaired) electrons. The molecule has 0 atom stereocenters. The second-order valence-electron chi connectivity index (χ2n) is 4.46. The molecular weight excluding hydrogens is 277 g/mol. The van der Waals surface area contributed by atoms with Gasteiger partial charge in [-0.2, -0.15) is 13.2 Å². The summed E-state index contributed by atoms with van der Waals surface area (Å²) in [5.41, 5.74) is 0.926. The fourth-order valence-corrected chi connectivity index (χ4v) is 2.31. The molecule has 1 heterocycles. The monoisotopic (exact) mass is 288 g/mol. The van der Waals surface area contributed by atoms with Crippen LogP contribution in [0.2, 0.25) is 0 Å². The quantitative estimate of drug-likeness (QED) is 0.587. The van der Waals surface area contributed by atoms with Crippen molar-refractivity contribution in [2.45, 2.75) is 19.0 Å². The Morgan fingerprint density at radius 2 is 1.90 bits per heavy atom. The van der Waals surface area contributed by atoms with Crippen LogP contribution in [0.4, 0.5) is 18.9 Å². The standard InChI is InChI=1S/C12H11F3N2O3/c13-12(14,15)11(18)16-6-4-8-2-1-3-10(17(19)20)9(8)5-7-16/h1-3H,4-7H2. The average molecular weight is 288 g/mol. The minimum atomic E-state index is -4.91. The van der Waals surface area contributed by atoms with Gasteiger partial charge in [0.1, 0.15) is 0 Å². The molecule has 1 amide bonds. The summed E-state index contributed by atoms with van der Waals surface area (Å²) in [7, 11) is 0. The van der Waals surface area contributed by atoms with Gasteiger partial charge in [0.25, 0.3) is 5.69 Å². The van der Waals surface area contributed by atoms with Crippen LogP contribution >= 0.6 is 0 Å². The van der Waals surface area contributed by atoms with Crippen molar-refractivity contribution in [2.24, 2.45) is 0 Å². The molecule has 2 rings (SSSR count). The Kier molecular flexibility index (Phi) is 3.65. The molecule has 1 aromatic rings. The van der Waals surface area contributed by atoms with Gasteiger partial charge in [-0.25, -0.2) is 0 Å². The summed E-state index contributed by atoms with van der Waals surface area (Å²) in [6, 6.07) is 4.46. The number of carbonyl (C=O) groups is 1. The Morgan fingerprint density at radius 3 is 2.50 bits per heavy atom. The number of carbonyl (C=O) groups excluding carboxylic acids is 1. The Bertz CT molecular complexity index is 557. The summed E-state index contributed by atoms with van der Waals surface area (Å²) in [5, 5.41) is 10.9. The maximum absolute atomic E-state index is 12.4. The van der Waals surface area contributed by atoms with Gasteiger partial charge in [0, 0.05) is 24.7 Å². The topological polar surface area (TPSA) is 63.5 Å². The van der Waals surface area contributed by atoms with Gasteiger partial charge >= 0.3 is 12.1 Å². The first-order chi connectivity index (χ1) is 9.30. The summed E-state index contributed by atoms with van der Waals surface area (Å²) < 4.78 is 37.2. The van der Waals surface area contributed by atoms with Gasteiger partial charge in [0.05, 0.1) is 4.92 Å². The van der Waals surface area contributed by atoms with E-state index in [4.69, 9.17) is 0 Å². The number of hydrogen-bond donors (Lipinski definition) is 0. The number of halogens is 3. The number of fused-ring (bicyclic) bond motifs is 1. The Balaban J connectivity index is 2.25. The van der Waals surface area contributed by atoms with E-state index in [0.717, 1.165) is 0 Å². The van der Waals surface area contributed by atoms with Crippen LogP contribution in [0.1, 0.15) is 11.1 Å². The molecule has 1 aliphatic rings. The zero-order chi connectivity index (χ0) is 14.9. The first-order valence-electron chi connectivity index (χ1n) is 5.92. The zero-order valence-electron chi connectivity index (χ0n) is 10.3. The molecule has 0 bridgehead atoms. The number of hydrogen-bond acceptors (Lipinski definition) is 3. The van der Waals surface area contributed by atoms with Crippen LogP contribution in [0.15, 0.2) is 18.2 Å². The van der Waals surface area contributed by atoms with E-state index < -0.39 is 17.0 Å². The van der Waals surface area contributed by atoms with Gasteiger partial charge < -0.3 is 4.90 Å². The Morgan fingerprint density at radius 1 is 1.25 bits per heavy atom. The van der Waals surface area contributed by atoms with Crippen molar-refractivity contribution in [3.8, 4) is 0 Å². The van der Waals surface area contributed by atoms with E-state index in [2.05, 4.69) is 0 Å². The molecule has 1 aromatic carbocycles. The lowest BCUT2D eigenvalue weighted by atomic mass is 10.0. The average Bonchev–Trinajstić information content (AvgIpc) is 2.58. The van der Waals surface area contributed by atoms with E-state index >= 15 is 0 Å². The van der Waals surface area contributed by atoms with Crippen molar-refractivity contribution in [3.05, 3.63) is 39.4 Å². The second-order valence-corrected chi connectivity index (χ2v) is 4.46. The lowest BCUT2D eigenvalue weighted by Crippen LogP contribution is -2.42. The number of nitrogens with zero attached hydrogens (tertiary/aromatic N) is 2. The maximum Gasteiger partial charge on any atom is 0.471 e. The highest BCUT2D eigenvalue weighted by Gasteiger charge is 2.42. The molecule has 1 aliphatic heterocycles. The van der Waals surface area contributed by atoms with Crippen LogP contribution < -0.4 is 0 Å². The van der Waals surface area contributed by atoms with Crippen molar-refractivity contribution in [1.29, 1.82) is 0 Å². The molecule has 8 heteroatoms. The van der Waals surface area contributed by atoms with Crippen molar-refractivity contribution < 1.29 is 22.9 Å². The van der Waals surface area contributed by atoms with E-state index in [1.54, 1.807) is 6.07 Å². The largest absolute Gasteiger partial charge is 0.471 e. The van der Waals surface area contributed by atoms with Gasteiger partial charge in [0.15, 0.2) is 0 Å². The molecule has 0 spiro atoms. The predicted octanol–water partition coefficient (Wildman–Crippen LogP) is 2.08. The third-order valence-electron chi connectivity index (χ3n) is 3.26. The molecule has 0 aromatic heterocycles. The van der Waals surface area contributed by atoms with Crippen LogP contribution in [-0.2, 0) is 17.6 Å². The van der Waals surface area contributed by atoms with Crippen molar-refractivity contribution >= 4 is 11.6 Å². The molecule has 108 valence electrons. The lowest BCUT2D eigenvalue weighted by molar-refractivity contribution is -0.385. The number of rotatable bonds is 1. The van der Waals surface area contributed by atoms with Gasteiger partial charge in [-0.1, -0.05) is 12.1 Å². The Hall–Kier alpha value is -2.12. The molecule has 0 N–H and O–H groups in total. The van der Waals surface area contributed by atoms with Gasteiger partial charge in [0.2, 0.25) is 0 Å². The molecule has 0 saturated carbocycles. The summed E-state index contributed by atoms with van der Waals surface area (Å²) in [6.45, 7) is -0.261. The van der Waals surface area contributed by atoms with E-state index in [0.29, 0.717) is 16.0 Å². The SMILES string of the molecule is O=C(N1CCc2cccc([N+](=O)[O-])c2CC1)C(F)(F)F. The second kappa shape index (κ2) is 5.10. The summed E-state index contributed by atoms with van der Waals surface area (Å²) in [4.78, 5) is 22.3. The van der Waals surface area contributed by atoms with Crippen LogP contribution in [0.5, 0.6) is 0 Å². The van der Waals surface area contributed by atoms with E-state index in [1.165, 1.54) is 12.1 Å². The third-order valence-corrected chi connectivity index (χ3v) is 3.26. The fourth-order valence-electron chi connectivity index (χ4n) is 2.31. The van der Waals surface area contributed by atoms with Crippen molar-refractivity contribution in [2.75, 3.05) is 13.1 Å². The Labute approximate surface area is 112 Å². The maximum atomic E-state index is 12.4. The van der Waals surface area contributed by atoms with Crippen LogP contribution in [0.3, 0.4) is 0 Å². The van der Waals surface area contributed by atoms with E-state index in [9.17, 15) is 28.1 Å². The summed E-state index contributed by atoms with van der Waals surface area (Å²) in [5.74, 6) is -1.90. The van der Waals surface area contributed by atoms with Gasteiger partial charge in [-0.15, -0.1) is 0 Å². The molecular formula is C12H11F3N2O3. The third kappa shape index (κ3) is 2.73. The van der Waals surface area contributed by atoms with E-state index in [-0.39, 0.29) is 31.6 Å². The first kappa shape index (κ1) is 14.3. The lowest BCUT2D eigenvalue weighted by Gasteiger charge is -2.21. The fraction of sp³-hybridized carbons (Fsp3) is 0.417. The molecule has 0 aliphatic carbocycles. The van der Waals surface area contributed by atoms with E-state index in [1.807, 2.05) is 0 Å². The summed E-state index contributed by atoms with van der Waals surface area (Å²) >= 11 is 0. The minimum Gasteiger partial charge on any atom is -0.334 e. The molecule has 5 nitrogen and oxygen atoms in total. The van der Waals surface area contributed by atoms with Crippen LogP contribution in [0.25, 0.3) is 0 Å². The highest BCUT2D eigenvalue weighted by atomic mass is 19.4. The molecule has 0 unspecified atom stereocenters. The van der Waals surface area contributed by atoms with Gasteiger partial charge in [-0.05, 0) is 18.4 Å². The number of benzene rings is 1. The first-order valence-corrected chi connectivity index (χ1v) is 5.92. The molecule has 20 heavy (non-hydrogen) atoms. The number of nitro benzene ring substituents is 1. The predicted molar refractivity (Wildman–Crippen MR) is 63.1 cm³/mol. The zero-order valence-corrected chi connectivity index (χ0v) is 10.3.